The Balaban J connectivity index is 1.78. The molecule has 0 fully saturated rings. The second-order valence-electron chi connectivity index (χ2n) is 5.23. The fourth-order valence-corrected chi connectivity index (χ4v) is 2.74. The fraction of sp³-hybridized carbons (Fsp3) is 0.375. The van der Waals surface area contributed by atoms with Crippen molar-refractivity contribution in [2.75, 3.05) is 19.0 Å². The van der Waals surface area contributed by atoms with E-state index in [9.17, 15) is 4.79 Å². The van der Waals surface area contributed by atoms with Gasteiger partial charge in [-0.3, -0.25) is 9.78 Å². The lowest BCUT2D eigenvalue weighted by atomic mass is 10.2. The maximum absolute atomic E-state index is 11.8. The molecule has 2 aromatic heterocycles. The monoisotopic (exact) mass is 285 g/mol. The van der Waals surface area contributed by atoms with Gasteiger partial charge in [0.25, 0.3) is 5.56 Å². The molecule has 1 atom stereocenters. The van der Waals surface area contributed by atoms with Crippen LogP contribution in [0.2, 0.25) is 0 Å². The number of nitrogens with zero attached hydrogens (tertiary/aromatic N) is 2. The predicted molar refractivity (Wildman–Crippen MR) is 81.5 cm³/mol. The van der Waals surface area contributed by atoms with Gasteiger partial charge in [0.05, 0.1) is 24.0 Å². The smallest absolute Gasteiger partial charge is 0.250 e. The third-order valence-corrected chi connectivity index (χ3v) is 3.82. The number of rotatable bonds is 5. The number of aromatic nitrogens is 2. The van der Waals surface area contributed by atoms with Crippen LogP contribution in [0.4, 0.5) is 5.69 Å². The van der Waals surface area contributed by atoms with Crippen molar-refractivity contribution >= 4 is 5.69 Å². The highest BCUT2D eigenvalue weighted by atomic mass is 16.5. The van der Waals surface area contributed by atoms with E-state index in [1.54, 1.807) is 17.7 Å². The highest BCUT2D eigenvalue weighted by molar-refractivity contribution is 5.45. The van der Waals surface area contributed by atoms with E-state index in [1.165, 1.54) is 5.56 Å². The summed E-state index contributed by atoms with van der Waals surface area (Å²) in [5.41, 5.74) is 3.35. The zero-order valence-corrected chi connectivity index (χ0v) is 12.1. The van der Waals surface area contributed by atoms with Crippen LogP contribution in [0.15, 0.2) is 41.5 Å². The average molecular weight is 285 g/mol. The lowest BCUT2D eigenvalue weighted by Gasteiger charge is -2.16. The SMILES string of the molecule is COCCn1cc(NC2CCc3cccnc32)ccc1=O. The Hall–Kier alpha value is -2.14. The summed E-state index contributed by atoms with van der Waals surface area (Å²) in [6.07, 6.45) is 5.76. The van der Waals surface area contributed by atoms with Gasteiger partial charge in [0.15, 0.2) is 0 Å². The molecule has 1 unspecified atom stereocenters. The molecule has 2 heterocycles. The first-order valence-electron chi connectivity index (χ1n) is 7.17. The van der Waals surface area contributed by atoms with Crippen molar-refractivity contribution in [3.05, 3.63) is 58.3 Å². The summed E-state index contributed by atoms with van der Waals surface area (Å²) < 4.78 is 6.70. The number of hydrogen-bond acceptors (Lipinski definition) is 4. The number of anilines is 1. The van der Waals surface area contributed by atoms with Crippen LogP contribution >= 0.6 is 0 Å². The molecule has 0 spiro atoms. The van der Waals surface area contributed by atoms with Gasteiger partial charge in [0, 0.05) is 32.1 Å². The largest absolute Gasteiger partial charge is 0.383 e. The van der Waals surface area contributed by atoms with Gasteiger partial charge in [-0.25, -0.2) is 0 Å². The van der Waals surface area contributed by atoms with E-state index in [0.29, 0.717) is 13.2 Å². The van der Waals surface area contributed by atoms with Crippen LogP contribution in [-0.4, -0.2) is 23.3 Å². The quantitative estimate of drug-likeness (QED) is 0.913. The molecule has 2 aromatic rings. The molecule has 0 aliphatic heterocycles. The molecular weight excluding hydrogens is 266 g/mol. The summed E-state index contributed by atoms with van der Waals surface area (Å²) in [6.45, 7) is 1.08. The van der Waals surface area contributed by atoms with Gasteiger partial charge < -0.3 is 14.6 Å². The van der Waals surface area contributed by atoms with Crippen molar-refractivity contribution in [1.82, 2.24) is 9.55 Å². The highest BCUT2D eigenvalue weighted by Crippen LogP contribution is 2.31. The molecular formula is C16H19N3O2. The highest BCUT2D eigenvalue weighted by Gasteiger charge is 2.23. The molecule has 110 valence electrons. The van der Waals surface area contributed by atoms with Crippen molar-refractivity contribution in [1.29, 1.82) is 0 Å². The first-order chi connectivity index (χ1) is 10.3. The second kappa shape index (κ2) is 6.10. The van der Waals surface area contributed by atoms with Gasteiger partial charge in [-0.05, 0) is 30.5 Å². The Bertz CT molecular complexity index is 681. The normalized spacial score (nSPS) is 16.7. The van der Waals surface area contributed by atoms with E-state index in [-0.39, 0.29) is 11.6 Å². The Morgan fingerprint density at radius 1 is 1.43 bits per heavy atom. The summed E-state index contributed by atoms with van der Waals surface area (Å²) in [5.74, 6) is 0. The Labute approximate surface area is 123 Å². The number of hydrogen-bond donors (Lipinski definition) is 1. The molecule has 0 saturated heterocycles. The third-order valence-electron chi connectivity index (χ3n) is 3.82. The lowest BCUT2D eigenvalue weighted by molar-refractivity contribution is 0.186. The van der Waals surface area contributed by atoms with Gasteiger partial charge in [-0.15, -0.1) is 0 Å². The molecule has 0 radical (unpaired) electrons. The van der Waals surface area contributed by atoms with E-state index in [2.05, 4.69) is 16.4 Å². The van der Waals surface area contributed by atoms with E-state index in [1.807, 2.05) is 24.5 Å². The molecule has 21 heavy (non-hydrogen) atoms. The number of methoxy groups -OCH3 is 1. The van der Waals surface area contributed by atoms with Gasteiger partial charge in [-0.1, -0.05) is 6.07 Å². The first-order valence-corrected chi connectivity index (χ1v) is 7.17. The molecule has 0 saturated carbocycles. The zero-order valence-electron chi connectivity index (χ0n) is 12.1. The topological polar surface area (TPSA) is 56.1 Å². The number of fused-ring (bicyclic) bond motifs is 1. The molecule has 1 N–H and O–H groups in total. The minimum Gasteiger partial charge on any atom is -0.383 e. The molecule has 1 aliphatic carbocycles. The average Bonchev–Trinajstić information content (AvgIpc) is 2.91. The van der Waals surface area contributed by atoms with E-state index in [4.69, 9.17) is 4.74 Å². The van der Waals surface area contributed by atoms with Crippen LogP contribution in [0.3, 0.4) is 0 Å². The van der Waals surface area contributed by atoms with Crippen molar-refractivity contribution in [2.24, 2.45) is 0 Å². The zero-order chi connectivity index (χ0) is 14.7. The van der Waals surface area contributed by atoms with Gasteiger partial charge in [0.2, 0.25) is 0 Å². The molecule has 1 aliphatic rings. The Morgan fingerprint density at radius 3 is 3.19 bits per heavy atom. The minimum atomic E-state index is -0.0115. The van der Waals surface area contributed by atoms with Crippen molar-refractivity contribution in [3.63, 3.8) is 0 Å². The molecule has 0 bridgehead atoms. The summed E-state index contributed by atoms with van der Waals surface area (Å²) >= 11 is 0. The van der Waals surface area contributed by atoms with Crippen LogP contribution in [0, 0.1) is 0 Å². The van der Waals surface area contributed by atoms with Crippen LogP contribution < -0.4 is 10.9 Å². The van der Waals surface area contributed by atoms with Crippen LogP contribution in [-0.2, 0) is 17.7 Å². The van der Waals surface area contributed by atoms with Crippen molar-refractivity contribution < 1.29 is 4.74 Å². The van der Waals surface area contributed by atoms with Crippen LogP contribution in [0.1, 0.15) is 23.7 Å². The summed E-state index contributed by atoms with van der Waals surface area (Å²) in [4.78, 5) is 16.3. The number of ether oxygens (including phenoxy) is 1. The third kappa shape index (κ3) is 2.97. The van der Waals surface area contributed by atoms with Crippen molar-refractivity contribution in [3.8, 4) is 0 Å². The second-order valence-corrected chi connectivity index (χ2v) is 5.23. The number of pyridine rings is 2. The molecule has 0 amide bonds. The van der Waals surface area contributed by atoms with Gasteiger partial charge in [-0.2, -0.15) is 0 Å². The van der Waals surface area contributed by atoms with E-state index < -0.39 is 0 Å². The Kier molecular flexibility index (Phi) is 4.01. The fourth-order valence-electron chi connectivity index (χ4n) is 2.74. The Morgan fingerprint density at radius 2 is 2.33 bits per heavy atom. The number of nitrogens with one attached hydrogen (secondary N) is 1. The molecule has 0 aromatic carbocycles. The maximum atomic E-state index is 11.8. The van der Waals surface area contributed by atoms with E-state index in [0.717, 1.165) is 24.2 Å². The summed E-state index contributed by atoms with van der Waals surface area (Å²) in [5, 5.41) is 3.48. The van der Waals surface area contributed by atoms with Crippen molar-refractivity contribution in [2.45, 2.75) is 25.4 Å². The number of aryl methyl sites for hydroxylation is 1. The van der Waals surface area contributed by atoms with E-state index >= 15 is 0 Å². The first kappa shape index (κ1) is 13.8. The molecule has 5 heteroatoms. The maximum Gasteiger partial charge on any atom is 0.250 e. The predicted octanol–water partition coefficient (Wildman–Crippen LogP) is 1.99. The summed E-state index contributed by atoms with van der Waals surface area (Å²) in [6, 6.07) is 7.74. The standard InChI is InChI=1S/C16H19N3O2/c1-21-10-9-19-11-13(5-7-15(19)20)18-14-6-4-12-3-2-8-17-16(12)14/h2-3,5,7-8,11,14,18H,4,6,9-10H2,1H3. The molecule has 3 rings (SSSR count). The molecule has 5 nitrogen and oxygen atoms in total. The summed E-state index contributed by atoms with van der Waals surface area (Å²) in [7, 11) is 1.63. The van der Waals surface area contributed by atoms with Crippen LogP contribution in [0.25, 0.3) is 0 Å². The van der Waals surface area contributed by atoms with Gasteiger partial charge >= 0.3 is 0 Å². The lowest BCUT2D eigenvalue weighted by Crippen LogP contribution is -2.21. The van der Waals surface area contributed by atoms with Gasteiger partial charge in [0.1, 0.15) is 0 Å². The van der Waals surface area contributed by atoms with Crippen LogP contribution in [0.5, 0.6) is 0 Å². The minimum absolute atomic E-state index is 0.0115.